The lowest BCUT2D eigenvalue weighted by Crippen LogP contribution is -2.57. The molecule has 1 saturated heterocycles. The summed E-state index contributed by atoms with van der Waals surface area (Å²) in [4.78, 5) is 30.1. The number of nitrogens with one attached hydrogen (secondary N) is 1. The number of benzene rings is 2. The Morgan fingerprint density at radius 2 is 1.93 bits per heavy atom. The van der Waals surface area contributed by atoms with E-state index in [0.717, 1.165) is 38.0 Å². The molecule has 0 spiro atoms. The van der Waals surface area contributed by atoms with Crippen LogP contribution in [0.3, 0.4) is 0 Å². The van der Waals surface area contributed by atoms with E-state index in [1.807, 2.05) is 11.0 Å². The standard InChI is InChI=1S/C23H25N3O4/c1-2-25-18-13-15(6-8-17(18)23(28)26-10-4-3-5-21(25)26)22(27)24-16-7-9-19-20(14-16)30-12-11-29-19/h6-9,13-14,21H,2-5,10-12H2,1H3,(H,24,27). The van der Waals surface area contributed by atoms with Crippen molar-refractivity contribution in [2.75, 3.05) is 36.5 Å². The molecule has 2 aromatic carbocycles. The molecule has 0 bridgehead atoms. The molecule has 7 nitrogen and oxygen atoms in total. The van der Waals surface area contributed by atoms with E-state index < -0.39 is 0 Å². The Hall–Kier alpha value is -3.22. The highest BCUT2D eigenvalue weighted by Crippen LogP contribution is 2.36. The molecular weight excluding hydrogens is 382 g/mol. The maximum absolute atomic E-state index is 13.0. The van der Waals surface area contributed by atoms with Crippen LogP contribution in [-0.2, 0) is 0 Å². The highest BCUT2D eigenvalue weighted by Gasteiger charge is 2.38. The third-order valence-corrected chi connectivity index (χ3v) is 6.03. The molecule has 1 atom stereocenters. The van der Waals surface area contributed by atoms with Gasteiger partial charge >= 0.3 is 0 Å². The van der Waals surface area contributed by atoms with E-state index in [0.29, 0.717) is 41.5 Å². The van der Waals surface area contributed by atoms with Crippen molar-refractivity contribution in [2.45, 2.75) is 32.4 Å². The fraction of sp³-hybridized carbons (Fsp3) is 0.391. The summed E-state index contributed by atoms with van der Waals surface area (Å²) in [5.74, 6) is 1.16. The zero-order valence-corrected chi connectivity index (χ0v) is 17.0. The third kappa shape index (κ3) is 3.14. The fourth-order valence-electron chi connectivity index (χ4n) is 4.59. The molecule has 1 N–H and O–H groups in total. The minimum Gasteiger partial charge on any atom is -0.486 e. The third-order valence-electron chi connectivity index (χ3n) is 6.03. The normalized spacial score (nSPS) is 19.8. The smallest absolute Gasteiger partial charge is 0.257 e. The highest BCUT2D eigenvalue weighted by atomic mass is 16.6. The molecule has 0 saturated carbocycles. The Labute approximate surface area is 175 Å². The molecular formula is C23H25N3O4. The van der Waals surface area contributed by atoms with Crippen LogP contribution < -0.4 is 19.7 Å². The largest absolute Gasteiger partial charge is 0.486 e. The number of amides is 2. The predicted octanol–water partition coefficient (Wildman–Crippen LogP) is 3.50. The lowest BCUT2D eigenvalue weighted by atomic mass is 9.97. The van der Waals surface area contributed by atoms with Gasteiger partial charge in [0, 0.05) is 30.4 Å². The molecule has 7 heteroatoms. The summed E-state index contributed by atoms with van der Waals surface area (Å²) in [6, 6.07) is 10.7. The van der Waals surface area contributed by atoms with Crippen LogP contribution in [0.25, 0.3) is 0 Å². The average molecular weight is 407 g/mol. The van der Waals surface area contributed by atoms with E-state index in [-0.39, 0.29) is 18.0 Å². The molecule has 156 valence electrons. The fourth-order valence-corrected chi connectivity index (χ4v) is 4.59. The first kappa shape index (κ1) is 18.8. The van der Waals surface area contributed by atoms with Crippen LogP contribution >= 0.6 is 0 Å². The van der Waals surface area contributed by atoms with Crippen LogP contribution in [0.1, 0.15) is 46.9 Å². The van der Waals surface area contributed by atoms with Gasteiger partial charge in [0.05, 0.1) is 11.3 Å². The van der Waals surface area contributed by atoms with Gasteiger partial charge in [-0.05, 0) is 56.5 Å². The van der Waals surface area contributed by atoms with Gasteiger partial charge in [0.25, 0.3) is 11.8 Å². The first-order valence-corrected chi connectivity index (χ1v) is 10.6. The number of ether oxygens (including phenoxy) is 2. The molecule has 3 heterocycles. The van der Waals surface area contributed by atoms with Gasteiger partial charge in [-0.3, -0.25) is 9.59 Å². The number of hydrogen-bond acceptors (Lipinski definition) is 5. The Morgan fingerprint density at radius 3 is 2.77 bits per heavy atom. The Balaban J connectivity index is 1.42. The van der Waals surface area contributed by atoms with Crippen LogP contribution in [-0.4, -0.2) is 49.2 Å². The molecule has 0 aliphatic carbocycles. The minimum absolute atomic E-state index is 0.0678. The van der Waals surface area contributed by atoms with Gasteiger partial charge in [-0.2, -0.15) is 0 Å². The Morgan fingerprint density at radius 1 is 1.10 bits per heavy atom. The van der Waals surface area contributed by atoms with Crippen molar-refractivity contribution in [3.63, 3.8) is 0 Å². The number of rotatable bonds is 3. The van der Waals surface area contributed by atoms with Crippen LogP contribution in [0, 0.1) is 0 Å². The maximum Gasteiger partial charge on any atom is 0.257 e. The molecule has 2 amide bonds. The van der Waals surface area contributed by atoms with Crippen LogP contribution in [0.4, 0.5) is 11.4 Å². The number of anilines is 2. The van der Waals surface area contributed by atoms with Crippen LogP contribution in [0.5, 0.6) is 11.5 Å². The zero-order chi connectivity index (χ0) is 20.7. The first-order valence-electron chi connectivity index (χ1n) is 10.6. The van der Waals surface area contributed by atoms with Crippen molar-refractivity contribution in [1.29, 1.82) is 0 Å². The van der Waals surface area contributed by atoms with E-state index in [1.165, 1.54) is 0 Å². The summed E-state index contributed by atoms with van der Waals surface area (Å²) in [7, 11) is 0. The molecule has 30 heavy (non-hydrogen) atoms. The summed E-state index contributed by atoms with van der Waals surface area (Å²) in [5, 5.41) is 2.93. The summed E-state index contributed by atoms with van der Waals surface area (Å²) in [5.41, 5.74) is 2.69. The minimum atomic E-state index is -0.218. The number of hydrogen-bond donors (Lipinski definition) is 1. The van der Waals surface area contributed by atoms with E-state index in [1.54, 1.807) is 30.3 Å². The van der Waals surface area contributed by atoms with Gasteiger partial charge in [-0.15, -0.1) is 0 Å². The highest BCUT2D eigenvalue weighted by molar-refractivity contribution is 6.08. The molecule has 3 aliphatic heterocycles. The molecule has 1 fully saturated rings. The second kappa shape index (κ2) is 7.55. The van der Waals surface area contributed by atoms with Crippen molar-refractivity contribution in [3.8, 4) is 11.5 Å². The number of piperidine rings is 1. The number of carbonyl (C=O) groups is 2. The van der Waals surface area contributed by atoms with E-state index >= 15 is 0 Å². The van der Waals surface area contributed by atoms with Gasteiger partial charge in [0.15, 0.2) is 11.5 Å². The van der Waals surface area contributed by atoms with Crippen molar-refractivity contribution in [1.82, 2.24) is 4.90 Å². The van der Waals surface area contributed by atoms with Crippen molar-refractivity contribution < 1.29 is 19.1 Å². The molecule has 3 aliphatic rings. The number of nitrogens with zero attached hydrogens (tertiary/aromatic N) is 2. The SMILES string of the molecule is CCN1c2cc(C(=O)Nc3ccc4c(c3)OCCO4)ccc2C(=O)N2CCCCC21. The number of carbonyl (C=O) groups excluding carboxylic acids is 2. The van der Waals surface area contributed by atoms with Crippen molar-refractivity contribution in [2.24, 2.45) is 0 Å². The monoisotopic (exact) mass is 407 g/mol. The van der Waals surface area contributed by atoms with E-state index in [2.05, 4.69) is 17.1 Å². The zero-order valence-electron chi connectivity index (χ0n) is 17.0. The van der Waals surface area contributed by atoms with Gasteiger partial charge in [0.1, 0.15) is 19.4 Å². The second-order valence-corrected chi connectivity index (χ2v) is 7.81. The van der Waals surface area contributed by atoms with E-state index in [9.17, 15) is 9.59 Å². The summed E-state index contributed by atoms with van der Waals surface area (Å²) >= 11 is 0. The quantitative estimate of drug-likeness (QED) is 0.843. The average Bonchev–Trinajstić information content (AvgIpc) is 2.79. The maximum atomic E-state index is 13.0. The van der Waals surface area contributed by atoms with Crippen LogP contribution in [0.2, 0.25) is 0 Å². The molecule has 2 aromatic rings. The summed E-state index contributed by atoms with van der Waals surface area (Å²) < 4.78 is 11.1. The Bertz CT molecular complexity index is 1010. The molecule has 1 unspecified atom stereocenters. The topological polar surface area (TPSA) is 71.1 Å². The van der Waals surface area contributed by atoms with Gasteiger partial charge in [-0.25, -0.2) is 0 Å². The lowest BCUT2D eigenvalue weighted by Gasteiger charge is -2.47. The Kier molecular flexibility index (Phi) is 4.73. The first-order chi connectivity index (χ1) is 14.7. The summed E-state index contributed by atoms with van der Waals surface area (Å²) in [6.45, 7) is 4.70. The molecule has 0 radical (unpaired) electrons. The van der Waals surface area contributed by atoms with Gasteiger partial charge in [0.2, 0.25) is 0 Å². The molecule has 5 rings (SSSR count). The van der Waals surface area contributed by atoms with E-state index in [4.69, 9.17) is 9.47 Å². The lowest BCUT2D eigenvalue weighted by molar-refractivity contribution is 0.0582. The molecule has 0 aromatic heterocycles. The second-order valence-electron chi connectivity index (χ2n) is 7.81. The predicted molar refractivity (Wildman–Crippen MR) is 114 cm³/mol. The van der Waals surface area contributed by atoms with Crippen LogP contribution in [0.15, 0.2) is 36.4 Å². The van der Waals surface area contributed by atoms with Crippen molar-refractivity contribution in [3.05, 3.63) is 47.5 Å². The van der Waals surface area contributed by atoms with Gasteiger partial charge in [-0.1, -0.05) is 0 Å². The number of fused-ring (bicyclic) bond motifs is 3. The van der Waals surface area contributed by atoms with Gasteiger partial charge < -0.3 is 24.6 Å². The van der Waals surface area contributed by atoms with Crippen molar-refractivity contribution >= 4 is 23.2 Å². The summed E-state index contributed by atoms with van der Waals surface area (Å²) in [6.07, 6.45) is 3.21.